The Morgan fingerprint density at radius 1 is 1.27 bits per heavy atom. The van der Waals surface area contributed by atoms with Crippen LogP contribution in [-0.4, -0.2) is 32.3 Å². The number of guanidine groups is 1. The molecule has 1 fully saturated rings. The summed E-state index contributed by atoms with van der Waals surface area (Å²) in [7, 11) is 1.65. The Labute approximate surface area is 191 Å². The second-order valence-electron chi connectivity index (χ2n) is 7.16. The van der Waals surface area contributed by atoms with E-state index in [0.29, 0.717) is 37.0 Å². The van der Waals surface area contributed by atoms with Crippen molar-refractivity contribution in [3.63, 3.8) is 0 Å². The minimum atomic E-state index is -4.36. The lowest BCUT2D eigenvalue weighted by Crippen LogP contribution is -2.47. The lowest BCUT2D eigenvalue weighted by Gasteiger charge is -2.21. The van der Waals surface area contributed by atoms with E-state index in [4.69, 9.17) is 9.15 Å². The van der Waals surface area contributed by atoms with Crippen LogP contribution in [0.25, 0.3) is 0 Å². The summed E-state index contributed by atoms with van der Waals surface area (Å²) in [4.78, 5) is 4.51. The SMILES string of the molecule is COCC(NC(=NCc1cccc(C(F)(F)F)c1)NCCc1ccco1)C1CC1.I. The van der Waals surface area contributed by atoms with Crippen LogP contribution in [0.1, 0.15) is 29.7 Å². The summed E-state index contributed by atoms with van der Waals surface area (Å²) in [5.41, 5.74) is -0.164. The minimum absolute atomic E-state index is 0. The molecule has 2 aromatic rings. The van der Waals surface area contributed by atoms with Gasteiger partial charge in [0.2, 0.25) is 0 Å². The number of aliphatic imine (C=N–C) groups is 1. The van der Waals surface area contributed by atoms with E-state index in [2.05, 4.69) is 15.6 Å². The summed E-state index contributed by atoms with van der Waals surface area (Å²) in [6, 6.07) is 9.10. The van der Waals surface area contributed by atoms with Crippen LogP contribution < -0.4 is 10.6 Å². The second-order valence-corrected chi connectivity index (χ2v) is 7.16. The number of nitrogens with one attached hydrogen (secondary N) is 2. The molecule has 1 unspecified atom stereocenters. The van der Waals surface area contributed by atoms with Gasteiger partial charge in [-0.3, -0.25) is 0 Å². The van der Waals surface area contributed by atoms with E-state index in [1.54, 1.807) is 19.4 Å². The molecule has 1 atom stereocenters. The molecular formula is C21H27F3IN3O2. The van der Waals surface area contributed by atoms with Gasteiger partial charge >= 0.3 is 6.18 Å². The molecule has 0 aliphatic heterocycles. The summed E-state index contributed by atoms with van der Waals surface area (Å²) < 4.78 is 49.4. The molecule has 2 N–H and O–H groups in total. The monoisotopic (exact) mass is 537 g/mol. The molecule has 0 saturated heterocycles. The van der Waals surface area contributed by atoms with Gasteiger partial charge in [-0.15, -0.1) is 24.0 Å². The van der Waals surface area contributed by atoms with E-state index in [1.165, 1.54) is 6.07 Å². The number of methoxy groups -OCH3 is 1. The third-order valence-corrected chi connectivity index (χ3v) is 4.78. The van der Waals surface area contributed by atoms with E-state index < -0.39 is 11.7 Å². The van der Waals surface area contributed by atoms with Gasteiger partial charge < -0.3 is 19.8 Å². The molecule has 30 heavy (non-hydrogen) atoms. The Morgan fingerprint density at radius 2 is 2.07 bits per heavy atom. The maximum Gasteiger partial charge on any atom is 0.416 e. The van der Waals surface area contributed by atoms with Gasteiger partial charge in [-0.2, -0.15) is 13.2 Å². The zero-order valence-corrected chi connectivity index (χ0v) is 19.1. The highest BCUT2D eigenvalue weighted by molar-refractivity contribution is 14.0. The van der Waals surface area contributed by atoms with Crippen LogP contribution in [0.5, 0.6) is 0 Å². The molecule has 5 nitrogen and oxygen atoms in total. The average Bonchev–Trinajstić information content (AvgIpc) is 3.41. The van der Waals surface area contributed by atoms with E-state index in [9.17, 15) is 13.2 Å². The maximum absolute atomic E-state index is 12.9. The van der Waals surface area contributed by atoms with Crippen molar-refractivity contribution < 1.29 is 22.3 Å². The zero-order chi connectivity index (χ0) is 20.7. The number of alkyl halides is 3. The Hall–Kier alpha value is -1.75. The molecule has 1 aromatic heterocycles. The summed E-state index contributed by atoms with van der Waals surface area (Å²) in [5.74, 6) is 1.94. The van der Waals surface area contributed by atoms with Gasteiger partial charge in [0, 0.05) is 20.1 Å². The molecular weight excluding hydrogens is 510 g/mol. The van der Waals surface area contributed by atoms with Gasteiger partial charge in [-0.25, -0.2) is 4.99 Å². The summed E-state index contributed by atoms with van der Waals surface area (Å²) in [5, 5.41) is 6.62. The van der Waals surface area contributed by atoms with Gasteiger partial charge in [0.1, 0.15) is 5.76 Å². The van der Waals surface area contributed by atoms with Crippen LogP contribution >= 0.6 is 24.0 Å². The van der Waals surface area contributed by atoms with E-state index in [1.807, 2.05) is 12.1 Å². The number of rotatable bonds is 9. The molecule has 1 aliphatic carbocycles. The number of hydrogen-bond acceptors (Lipinski definition) is 3. The predicted molar refractivity (Wildman–Crippen MR) is 120 cm³/mol. The fraction of sp³-hybridized carbons (Fsp3) is 0.476. The maximum atomic E-state index is 12.9. The van der Waals surface area contributed by atoms with Crippen molar-refractivity contribution in [1.82, 2.24) is 10.6 Å². The van der Waals surface area contributed by atoms with Crippen LogP contribution in [-0.2, 0) is 23.9 Å². The topological polar surface area (TPSA) is 58.8 Å². The highest BCUT2D eigenvalue weighted by Gasteiger charge is 2.32. The number of nitrogens with zero attached hydrogens (tertiary/aromatic N) is 1. The van der Waals surface area contributed by atoms with Crippen LogP contribution in [0, 0.1) is 5.92 Å². The smallest absolute Gasteiger partial charge is 0.416 e. The first-order chi connectivity index (χ1) is 14.0. The van der Waals surface area contributed by atoms with E-state index >= 15 is 0 Å². The quantitative estimate of drug-likeness (QED) is 0.279. The Bertz CT molecular complexity index is 793. The van der Waals surface area contributed by atoms with Gasteiger partial charge in [0.05, 0.1) is 31.0 Å². The predicted octanol–water partition coefficient (Wildman–Crippen LogP) is 4.62. The Morgan fingerprint density at radius 3 is 2.70 bits per heavy atom. The second kappa shape index (κ2) is 11.6. The van der Waals surface area contributed by atoms with Crippen molar-refractivity contribution in [3.8, 4) is 0 Å². The van der Waals surface area contributed by atoms with E-state index in [0.717, 1.165) is 30.7 Å². The Kier molecular flexibility index (Phi) is 9.47. The highest BCUT2D eigenvalue weighted by atomic mass is 127. The molecule has 3 rings (SSSR count). The van der Waals surface area contributed by atoms with Crippen molar-refractivity contribution in [1.29, 1.82) is 0 Å². The standard InChI is InChI=1S/C21H26F3N3O2.HI/c1-28-14-19(16-7-8-16)27-20(25-10-9-18-6-3-11-29-18)26-13-15-4-2-5-17(12-15)21(22,23)24;/h2-6,11-12,16,19H,7-10,13-14H2,1H3,(H2,25,26,27);1H. The molecule has 1 aliphatic rings. The number of benzene rings is 1. The van der Waals surface area contributed by atoms with E-state index in [-0.39, 0.29) is 36.6 Å². The van der Waals surface area contributed by atoms with Gasteiger partial charge in [-0.05, 0) is 48.6 Å². The molecule has 0 bridgehead atoms. The molecule has 1 saturated carbocycles. The molecule has 0 amide bonds. The van der Waals surface area contributed by atoms with Crippen LogP contribution in [0.3, 0.4) is 0 Å². The summed E-state index contributed by atoms with van der Waals surface area (Å²) in [6.45, 7) is 1.28. The van der Waals surface area contributed by atoms with Crippen LogP contribution in [0.15, 0.2) is 52.1 Å². The first-order valence-electron chi connectivity index (χ1n) is 9.68. The highest BCUT2D eigenvalue weighted by Crippen LogP contribution is 2.32. The lowest BCUT2D eigenvalue weighted by molar-refractivity contribution is -0.137. The summed E-state index contributed by atoms with van der Waals surface area (Å²) >= 11 is 0. The van der Waals surface area contributed by atoms with Crippen LogP contribution in [0.4, 0.5) is 13.2 Å². The molecule has 1 heterocycles. The van der Waals surface area contributed by atoms with Crippen molar-refractivity contribution >= 4 is 29.9 Å². The van der Waals surface area contributed by atoms with Crippen molar-refractivity contribution in [2.75, 3.05) is 20.3 Å². The zero-order valence-electron chi connectivity index (χ0n) is 16.7. The number of ether oxygens (including phenoxy) is 1. The van der Waals surface area contributed by atoms with Crippen molar-refractivity contribution in [2.45, 2.75) is 38.0 Å². The Balaban J connectivity index is 0.00000320. The molecule has 1 aromatic carbocycles. The number of furan rings is 1. The van der Waals surface area contributed by atoms with Crippen molar-refractivity contribution in [3.05, 3.63) is 59.5 Å². The fourth-order valence-corrected chi connectivity index (χ4v) is 3.08. The van der Waals surface area contributed by atoms with Gasteiger partial charge in [0.15, 0.2) is 5.96 Å². The number of hydrogen-bond donors (Lipinski definition) is 2. The normalized spacial score (nSPS) is 15.4. The number of halogens is 4. The first-order valence-corrected chi connectivity index (χ1v) is 9.68. The average molecular weight is 537 g/mol. The third-order valence-electron chi connectivity index (χ3n) is 4.78. The lowest BCUT2D eigenvalue weighted by atomic mass is 10.1. The fourth-order valence-electron chi connectivity index (χ4n) is 3.08. The molecule has 9 heteroatoms. The molecule has 166 valence electrons. The minimum Gasteiger partial charge on any atom is -0.469 e. The van der Waals surface area contributed by atoms with Gasteiger partial charge in [-0.1, -0.05) is 12.1 Å². The summed E-state index contributed by atoms with van der Waals surface area (Å²) in [6.07, 6.45) is 0.202. The van der Waals surface area contributed by atoms with Crippen LogP contribution in [0.2, 0.25) is 0 Å². The largest absolute Gasteiger partial charge is 0.469 e. The molecule has 0 radical (unpaired) electrons. The molecule has 0 spiro atoms. The third kappa shape index (κ3) is 7.82. The van der Waals surface area contributed by atoms with Crippen molar-refractivity contribution in [2.24, 2.45) is 10.9 Å². The van der Waals surface area contributed by atoms with Gasteiger partial charge in [0.25, 0.3) is 0 Å². The first kappa shape index (κ1) is 24.5.